The van der Waals surface area contributed by atoms with Gasteiger partial charge < -0.3 is 9.32 Å². The summed E-state index contributed by atoms with van der Waals surface area (Å²) in [5.74, 6) is 0. The summed E-state index contributed by atoms with van der Waals surface area (Å²) in [7, 11) is 0. The van der Waals surface area contributed by atoms with Gasteiger partial charge in [0.15, 0.2) is 0 Å². The van der Waals surface area contributed by atoms with Gasteiger partial charge in [0.1, 0.15) is 11.2 Å². The summed E-state index contributed by atoms with van der Waals surface area (Å²) in [5, 5.41) is 4.70. The van der Waals surface area contributed by atoms with Crippen molar-refractivity contribution in [2.75, 3.05) is 4.90 Å². The molecule has 0 radical (unpaired) electrons. The Bertz CT molecular complexity index is 2840. The molecule has 254 valence electrons. The van der Waals surface area contributed by atoms with Crippen LogP contribution in [0.15, 0.2) is 217 Å². The van der Waals surface area contributed by atoms with Gasteiger partial charge in [-0.15, -0.1) is 0 Å². The molecule has 0 aliphatic carbocycles. The fraction of sp³-hybridized carbons (Fsp3) is 0. The molecule has 0 spiro atoms. The lowest BCUT2D eigenvalue weighted by Gasteiger charge is -2.27. The van der Waals surface area contributed by atoms with E-state index < -0.39 is 0 Å². The van der Waals surface area contributed by atoms with Crippen LogP contribution < -0.4 is 4.90 Å². The van der Waals surface area contributed by atoms with Gasteiger partial charge in [0.05, 0.1) is 0 Å². The predicted molar refractivity (Wildman–Crippen MR) is 228 cm³/mol. The van der Waals surface area contributed by atoms with E-state index in [-0.39, 0.29) is 0 Å². The number of benzene rings is 9. The van der Waals surface area contributed by atoms with E-state index in [4.69, 9.17) is 4.42 Å². The average Bonchev–Trinajstić information content (AvgIpc) is 3.64. The fourth-order valence-electron chi connectivity index (χ4n) is 7.93. The van der Waals surface area contributed by atoms with E-state index in [1.807, 2.05) is 0 Å². The average molecular weight is 690 g/mol. The minimum Gasteiger partial charge on any atom is -0.456 e. The zero-order valence-corrected chi connectivity index (χ0v) is 29.6. The first-order chi connectivity index (χ1) is 26.8. The molecule has 10 rings (SSSR count). The van der Waals surface area contributed by atoms with E-state index in [2.05, 4.69) is 217 Å². The molecule has 0 aliphatic rings. The molecule has 0 amide bonds. The fourth-order valence-corrected chi connectivity index (χ4v) is 7.93. The van der Waals surface area contributed by atoms with Crippen molar-refractivity contribution in [3.05, 3.63) is 212 Å². The molecule has 0 atom stereocenters. The van der Waals surface area contributed by atoms with Gasteiger partial charge in [0, 0.05) is 27.8 Å². The van der Waals surface area contributed by atoms with Crippen LogP contribution in [-0.2, 0) is 0 Å². The Morgan fingerprint density at radius 2 is 0.796 bits per heavy atom. The molecule has 9 aromatic carbocycles. The molecule has 1 heterocycles. The lowest BCUT2D eigenvalue weighted by atomic mass is 9.92. The Hall–Kier alpha value is -7.16. The van der Waals surface area contributed by atoms with Crippen LogP contribution in [0, 0.1) is 0 Å². The summed E-state index contributed by atoms with van der Waals surface area (Å²) in [6, 6.07) is 75.7. The highest BCUT2D eigenvalue weighted by Gasteiger charge is 2.19. The molecule has 0 unspecified atom stereocenters. The molecule has 1 aromatic heterocycles. The molecule has 2 nitrogen and oxygen atoms in total. The summed E-state index contributed by atoms with van der Waals surface area (Å²) in [6.45, 7) is 0. The van der Waals surface area contributed by atoms with Crippen molar-refractivity contribution in [2.24, 2.45) is 0 Å². The van der Waals surface area contributed by atoms with E-state index >= 15 is 0 Å². The van der Waals surface area contributed by atoms with Crippen molar-refractivity contribution < 1.29 is 4.42 Å². The van der Waals surface area contributed by atoms with E-state index in [0.29, 0.717) is 0 Å². The van der Waals surface area contributed by atoms with E-state index in [9.17, 15) is 0 Å². The van der Waals surface area contributed by atoms with Gasteiger partial charge >= 0.3 is 0 Å². The van der Waals surface area contributed by atoms with Crippen LogP contribution in [0.3, 0.4) is 0 Å². The second kappa shape index (κ2) is 13.4. The van der Waals surface area contributed by atoms with Gasteiger partial charge in [0.2, 0.25) is 0 Å². The second-order valence-electron chi connectivity index (χ2n) is 13.7. The van der Waals surface area contributed by atoms with Crippen LogP contribution in [0.4, 0.5) is 17.1 Å². The molecule has 0 fully saturated rings. The van der Waals surface area contributed by atoms with Gasteiger partial charge in [-0.1, -0.05) is 158 Å². The first-order valence-electron chi connectivity index (χ1n) is 18.4. The maximum Gasteiger partial charge on any atom is 0.136 e. The number of para-hydroxylation sites is 1. The molecule has 0 aliphatic heterocycles. The lowest BCUT2D eigenvalue weighted by Crippen LogP contribution is -2.10. The zero-order valence-electron chi connectivity index (χ0n) is 29.6. The van der Waals surface area contributed by atoms with Crippen molar-refractivity contribution in [2.45, 2.75) is 0 Å². The van der Waals surface area contributed by atoms with Gasteiger partial charge in [-0.3, -0.25) is 0 Å². The van der Waals surface area contributed by atoms with Gasteiger partial charge in [0.25, 0.3) is 0 Å². The quantitative estimate of drug-likeness (QED) is 0.166. The molecule has 0 bridgehead atoms. The van der Waals surface area contributed by atoms with Crippen LogP contribution in [0.5, 0.6) is 0 Å². The molecule has 10 aromatic rings. The maximum atomic E-state index is 6.65. The number of fused-ring (bicyclic) bond motifs is 5. The second-order valence-corrected chi connectivity index (χ2v) is 13.7. The topological polar surface area (TPSA) is 16.4 Å². The molecule has 0 saturated carbocycles. The minimum absolute atomic E-state index is 0.888. The number of rotatable bonds is 7. The third-order valence-electron chi connectivity index (χ3n) is 10.4. The normalized spacial score (nSPS) is 11.3. The summed E-state index contributed by atoms with van der Waals surface area (Å²) in [4.78, 5) is 2.36. The van der Waals surface area contributed by atoms with Crippen LogP contribution in [0.1, 0.15) is 0 Å². The molecule has 0 N–H and O–H groups in total. The van der Waals surface area contributed by atoms with Crippen LogP contribution in [0.2, 0.25) is 0 Å². The highest BCUT2D eigenvalue weighted by atomic mass is 16.3. The van der Waals surface area contributed by atoms with Gasteiger partial charge in [-0.05, 0) is 110 Å². The highest BCUT2D eigenvalue weighted by Crippen LogP contribution is 2.45. The summed E-state index contributed by atoms with van der Waals surface area (Å²) in [5.41, 5.74) is 14.4. The number of furan rings is 1. The summed E-state index contributed by atoms with van der Waals surface area (Å²) in [6.07, 6.45) is 0. The Labute approximate surface area is 314 Å². The van der Waals surface area contributed by atoms with Gasteiger partial charge in [-0.2, -0.15) is 0 Å². The standard InChI is InChI=1S/C52H35NO/c1-5-16-36(17-6-1)40-32-41(37-18-7-2-8-19-37)34-44(33-40)53(42-22-11-4-12-23-42)43-30-28-39(29-31-43)45-26-15-27-49-51(45)52-47-25-14-13-24-46(47)48(35-50(52)54-49)38-20-9-3-10-21-38/h1-35H. The minimum atomic E-state index is 0.888. The van der Waals surface area contributed by atoms with E-state index in [1.54, 1.807) is 0 Å². The third-order valence-corrected chi connectivity index (χ3v) is 10.4. The van der Waals surface area contributed by atoms with Crippen molar-refractivity contribution >= 4 is 49.8 Å². The first-order valence-corrected chi connectivity index (χ1v) is 18.4. The van der Waals surface area contributed by atoms with E-state index in [1.165, 1.54) is 44.2 Å². The summed E-state index contributed by atoms with van der Waals surface area (Å²) < 4.78 is 6.65. The van der Waals surface area contributed by atoms with Crippen LogP contribution in [-0.4, -0.2) is 0 Å². The van der Waals surface area contributed by atoms with Crippen molar-refractivity contribution in [3.8, 4) is 44.5 Å². The number of nitrogens with zero attached hydrogens (tertiary/aromatic N) is 1. The summed E-state index contributed by atoms with van der Waals surface area (Å²) >= 11 is 0. The Morgan fingerprint density at radius 1 is 0.278 bits per heavy atom. The maximum absolute atomic E-state index is 6.65. The molecule has 2 heteroatoms. The van der Waals surface area contributed by atoms with Crippen molar-refractivity contribution in [1.29, 1.82) is 0 Å². The lowest BCUT2D eigenvalue weighted by molar-refractivity contribution is 0.669. The number of hydrogen-bond donors (Lipinski definition) is 0. The first kappa shape index (κ1) is 31.6. The van der Waals surface area contributed by atoms with Crippen molar-refractivity contribution in [1.82, 2.24) is 0 Å². The van der Waals surface area contributed by atoms with E-state index in [0.717, 1.165) is 50.1 Å². The Balaban J connectivity index is 1.13. The molecule has 0 saturated heterocycles. The van der Waals surface area contributed by atoms with Gasteiger partial charge in [-0.25, -0.2) is 0 Å². The SMILES string of the molecule is c1ccc(-c2cc(-c3ccccc3)cc(N(c3ccccc3)c3ccc(-c4cccc5oc6cc(-c7ccccc7)c7ccccc7c6c45)cc3)c2)cc1. The monoisotopic (exact) mass is 689 g/mol. The van der Waals surface area contributed by atoms with Crippen LogP contribution in [0.25, 0.3) is 77.2 Å². The molecular formula is C52H35NO. The van der Waals surface area contributed by atoms with Crippen LogP contribution >= 0.6 is 0 Å². The highest BCUT2D eigenvalue weighted by molar-refractivity contribution is 6.25. The zero-order chi connectivity index (χ0) is 35.8. The Kier molecular flexibility index (Phi) is 7.85. The van der Waals surface area contributed by atoms with Crippen molar-refractivity contribution in [3.63, 3.8) is 0 Å². The smallest absolute Gasteiger partial charge is 0.136 e. The molecule has 54 heavy (non-hydrogen) atoms. The third kappa shape index (κ3) is 5.62. The molecular weight excluding hydrogens is 655 g/mol. The number of anilines is 3. The predicted octanol–water partition coefficient (Wildman–Crippen LogP) is 14.9. The Morgan fingerprint density at radius 3 is 1.43 bits per heavy atom. The largest absolute Gasteiger partial charge is 0.456 e. The number of hydrogen-bond acceptors (Lipinski definition) is 2.